The molecule has 6 aromatic carbocycles. The third kappa shape index (κ3) is 2.71. The topological polar surface area (TPSA) is 43.3 Å². The highest BCUT2D eigenvalue weighted by Crippen LogP contribution is 2.47. The van der Waals surface area contributed by atoms with Gasteiger partial charge in [-0.15, -0.1) is 11.3 Å². The lowest BCUT2D eigenvalue weighted by atomic mass is 9.98. The molecule has 0 spiro atoms. The summed E-state index contributed by atoms with van der Waals surface area (Å²) in [6.45, 7) is 0. The minimum absolute atomic E-state index is 0.877. The molecule has 5 heteroatoms. The van der Waals surface area contributed by atoms with Crippen LogP contribution in [-0.4, -0.2) is 14.4 Å². The van der Waals surface area contributed by atoms with Crippen LogP contribution in [0.1, 0.15) is 0 Å². The van der Waals surface area contributed by atoms with Gasteiger partial charge in [-0.05, 0) is 53.6 Å². The van der Waals surface area contributed by atoms with Crippen molar-refractivity contribution < 1.29 is 4.42 Å². The van der Waals surface area contributed by atoms with Crippen LogP contribution in [0.5, 0.6) is 0 Å². The Morgan fingerprint density at radius 1 is 0.581 bits per heavy atom. The predicted molar refractivity (Wildman–Crippen MR) is 180 cm³/mol. The summed E-state index contributed by atoms with van der Waals surface area (Å²) in [4.78, 5) is 10.3. The first-order valence-corrected chi connectivity index (χ1v) is 15.2. The minimum Gasteiger partial charge on any atom is -0.456 e. The average molecular weight is 566 g/mol. The van der Waals surface area contributed by atoms with Crippen molar-refractivity contribution >= 4 is 103 Å². The van der Waals surface area contributed by atoms with Crippen LogP contribution < -0.4 is 0 Å². The van der Waals surface area contributed by atoms with Crippen molar-refractivity contribution in [2.45, 2.75) is 0 Å². The molecule has 0 fully saturated rings. The van der Waals surface area contributed by atoms with Crippen LogP contribution in [-0.2, 0) is 0 Å². The maximum absolute atomic E-state index is 6.50. The highest BCUT2D eigenvalue weighted by molar-refractivity contribution is 7.26. The second-order valence-corrected chi connectivity index (χ2v) is 12.4. The Bertz CT molecular complexity index is 2960. The third-order valence-corrected chi connectivity index (χ3v) is 10.3. The van der Waals surface area contributed by atoms with Gasteiger partial charge in [0, 0.05) is 47.1 Å². The Kier molecular flexibility index (Phi) is 3.94. The molecular formula is C38H19N3OS. The van der Waals surface area contributed by atoms with Crippen LogP contribution in [0.25, 0.3) is 103 Å². The zero-order chi connectivity index (χ0) is 27.8. The van der Waals surface area contributed by atoms with E-state index in [1.807, 2.05) is 41.7 Å². The number of para-hydroxylation sites is 3. The van der Waals surface area contributed by atoms with Crippen LogP contribution in [0.3, 0.4) is 0 Å². The molecule has 11 rings (SSSR count). The smallest absolute Gasteiger partial charge is 0.165 e. The summed E-state index contributed by atoms with van der Waals surface area (Å²) in [7, 11) is 0. The van der Waals surface area contributed by atoms with Crippen molar-refractivity contribution in [3.8, 4) is 11.1 Å². The molecule has 5 aromatic heterocycles. The molecule has 5 heterocycles. The lowest BCUT2D eigenvalue weighted by Crippen LogP contribution is -1.89. The first kappa shape index (κ1) is 22.1. The van der Waals surface area contributed by atoms with Gasteiger partial charge in [-0.1, -0.05) is 72.8 Å². The molecule has 0 atom stereocenters. The number of nitrogens with zero attached hydrogens (tertiary/aromatic N) is 3. The van der Waals surface area contributed by atoms with Crippen molar-refractivity contribution in [3.63, 3.8) is 0 Å². The largest absolute Gasteiger partial charge is 0.456 e. The van der Waals surface area contributed by atoms with Crippen LogP contribution in [0.15, 0.2) is 120 Å². The Hall–Kier alpha value is -5.52. The molecule has 43 heavy (non-hydrogen) atoms. The van der Waals surface area contributed by atoms with Gasteiger partial charge in [0.25, 0.3) is 0 Å². The molecule has 0 saturated heterocycles. The molecule has 0 aliphatic heterocycles. The van der Waals surface area contributed by atoms with Gasteiger partial charge in [0.2, 0.25) is 0 Å². The van der Waals surface area contributed by atoms with Crippen molar-refractivity contribution in [2.24, 2.45) is 0 Å². The van der Waals surface area contributed by atoms with E-state index in [1.54, 1.807) is 0 Å². The highest BCUT2D eigenvalue weighted by Gasteiger charge is 2.25. The first-order valence-electron chi connectivity index (χ1n) is 14.4. The molecule has 0 unspecified atom stereocenters. The number of hydrogen-bond acceptors (Lipinski definition) is 4. The van der Waals surface area contributed by atoms with Gasteiger partial charge in [0.15, 0.2) is 5.65 Å². The fourth-order valence-electron chi connectivity index (χ4n) is 7.29. The Morgan fingerprint density at radius 2 is 1.37 bits per heavy atom. The summed E-state index contributed by atoms with van der Waals surface area (Å²) in [5, 5.41) is 8.36. The van der Waals surface area contributed by atoms with E-state index in [1.165, 1.54) is 42.1 Å². The molecule has 0 aliphatic rings. The van der Waals surface area contributed by atoms with E-state index < -0.39 is 0 Å². The van der Waals surface area contributed by atoms with Crippen molar-refractivity contribution in [3.05, 3.63) is 115 Å². The summed E-state index contributed by atoms with van der Waals surface area (Å²) in [6, 6.07) is 40.9. The SMILES string of the molecule is c1ccc2nc3c(nc2c1)c1cc2oc4ccccc4c2c2c4cc(-c5cccc6c5sc5ccccc56)ccc4n3c12. The molecule has 0 aliphatic carbocycles. The van der Waals surface area contributed by atoms with Gasteiger partial charge in [0.05, 0.1) is 22.1 Å². The number of hydrogen-bond donors (Lipinski definition) is 0. The number of benzene rings is 6. The summed E-state index contributed by atoms with van der Waals surface area (Å²) < 4.78 is 11.5. The molecule has 4 nitrogen and oxygen atoms in total. The van der Waals surface area contributed by atoms with Gasteiger partial charge >= 0.3 is 0 Å². The van der Waals surface area contributed by atoms with Crippen LogP contribution in [0, 0.1) is 0 Å². The molecule has 0 amide bonds. The van der Waals surface area contributed by atoms with E-state index in [0.717, 1.165) is 60.6 Å². The average Bonchev–Trinajstić information content (AvgIpc) is 3.79. The van der Waals surface area contributed by atoms with E-state index >= 15 is 0 Å². The van der Waals surface area contributed by atoms with Crippen LogP contribution in [0.2, 0.25) is 0 Å². The van der Waals surface area contributed by atoms with Crippen molar-refractivity contribution in [2.75, 3.05) is 0 Å². The fraction of sp³-hybridized carbons (Fsp3) is 0. The molecular weight excluding hydrogens is 547 g/mol. The zero-order valence-corrected chi connectivity index (χ0v) is 23.4. The molecule has 198 valence electrons. The Balaban J connectivity index is 1.34. The van der Waals surface area contributed by atoms with E-state index in [9.17, 15) is 0 Å². The van der Waals surface area contributed by atoms with Gasteiger partial charge in [-0.25, -0.2) is 9.97 Å². The van der Waals surface area contributed by atoms with Crippen LogP contribution >= 0.6 is 11.3 Å². The van der Waals surface area contributed by atoms with E-state index in [4.69, 9.17) is 14.4 Å². The molecule has 0 bridgehead atoms. The van der Waals surface area contributed by atoms with E-state index in [-0.39, 0.29) is 0 Å². The quantitative estimate of drug-likeness (QED) is 0.199. The monoisotopic (exact) mass is 565 g/mol. The normalized spacial score (nSPS) is 12.7. The predicted octanol–water partition coefficient (Wildman–Crippen LogP) is 10.7. The number of aromatic nitrogens is 3. The summed E-state index contributed by atoms with van der Waals surface area (Å²) in [5.74, 6) is 0. The van der Waals surface area contributed by atoms with E-state index in [0.29, 0.717) is 0 Å². The summed E-state index contributed by atoms with van der Waals surface area (Å²) in [6.07, 6.45) is 0. The summed E-state index contributed by atoms with van der Waals surface area (Å²) >= 11 is 1.87. The number of fused-ring (bicyclic) bond motifs is 14. The number of furan rings is 1. The zero-order valence-electron chi connectivity index (χ0n) is 22.6. The number of rotatable bonds is 1. The maximum Gasteiger partial charge on any atom is 0.165 e. The standard InChI is InChI=1S/C38H19N3OS/c1-5-14-30-24(9-1)33-31(42-30)19-26-35-38(40-28-13-4-3-12-27(28)39-35)41-29-17-16-20(18-25(29)34(33)36(26)41)21-10-7-11-23-22-8-2-6-15-32(22)43-37(21)23/h1-19H. The minimum atomic E-state index is 0.877. The fourth-order valence-corrected chi connectivity index (χ4v) is 8.53. The van der Waals surface area contributed by atoms with Gasteiger partial charge < -0.3 is 4.42 Å². The second kappa shape index (κ2) is 7.65. The van der Waals surface area contributed by atoms with E-state index in [2.05, 4.69) is 89.3 Å². The van der Waals surface area contributed by atoms with Crippen LogP contribution in [0.4, 0.5) is 0 Å². The molecule has 0 radical (unpaired) electrons. The van der Waals surface area contributed by atoms with Gasteiger partial charge in [-0.3, -0.25) is 4.40 Å². The first-order chi connectivity index (χ1) is 21.3. The second-order valence-electron chi connectivity index (χ2n) is 11.4. The maximum atomic E-state index is 6.50. The lowest BCUT2D eigenvalue weighted by Gasteiger charge is -2.06. The summed E-state index contributed by atoms with van der Waals surface area (Å²) in [5.41, 5.74) is 10.1. The highest BCUT2D eigenvalue weighted by atomic mass is 32.1. The number of thiophene rings is 1. The van der Waals surface area contributed by atoms with Gasteiger partial charge in [0.1, 0.15) is 16.7 Å². The lowest BCUT2D eigenvalue weighted by molar-refractivity contribution is 0.669. The Morgan fingerprint density at radius 3 is 2.30 bits per heavy atom. The third-order valence-electron chi connectivity index (χ3n) is 9.10. The molecule has 0 saturated carbocycles. The van der Waals surface area contributed by atoms with Crippen molar-refractivity contribution in [1.82, 2.24) is 14.4 Å². The Labute approximate surface area is 247 Å². The van der Waals surface area contributed by atoms with Crippen molar-refractivity contribution in [1.29, 1.82) is 0 Å². The molecule has 11 aromatic rings. The van der Waals surface area contributed by atoms with Gasteiger partial charge in [-0.2, -0.15) is 0 Å². The molecule has 0 N–H and O–H groups in total.